The van der Waals surface area contributed by atoms with Crippen molar-refractivity contribution in [3.05, 3.63) is 11.9 Å². The monoisotopic (exact) mass is 432 g/mol. The van der Waals surface area contributed by atoms with Crippen molar-refractivity contribution in [3.8, 4) is 0 Å². The summed E-state index contributed by atoms with van der Waals surface area (Å²) < 4.78 is 46.4. The number of fused-ring (bicyclic) bond motifs is 1. The van der Waals surface area contributed by atoms with Gasteiger partial charge in [0.2, 0.25) is 5.91 Å². The number of nitrogens with zero attached hydrogens (tertiary/aromatic N) is 1. The second-order valence-electron chi connectivity index (χ2n) is 8.13. The van der Waals surface area contributed by atoms with Gasteiger partial charge in [0, 0.05) is 25.5 Å². The lowest BCUT2D eigenvalue weighted by molar-refractivity contribution is -0.124. The van der Waals surface area contributed by atoms with Crippen LogP contribution in [0.15, 0.2) is 16.9 Å². The second kappa shape index (κ2) is 9.18. The van der Waals surface area contributed by atoms with E-state index < -0.39 is 48.3 Å². The molecule has 9 nitrogen and oxygen atoms in total. The molecular formula is C18H27F3N6O3. The highest BCUT2D eigenvalue weighted by atomic mass is 19.2. The Morgan fingerprint density at radius 3 is 3.00 bits per heavy atom. The van der Waals surface area contributed by atoms with E-state index in [-0.39, 0.29) is 31.1 Å². The first kappa shape index (κ1) is 21.5. The number of hydrogen-bond donors (Lipinski definition) is 6. The van der Waals surface area contributed by atoms with Gasteiger partial charge >= 0.3 is 0 Å². The zero-order chi connectivity index (χ0) is 21.3. The average molecular weight is 432 g/mol. The molecular weight excluding hydrogens is 405 g/mol. The smallest absolute Gasteiger partial charge is 0.239 e. The fourth-order valence-electron chi connectivity index (χ4n) is 4.37. The normalized spacial score (nSPS) is 43.5. The van der Waals surface area contributed by atoms with E-state index in [9.17, 15) is 23.1 Å². The van der Waals surface area contributed by atoms with Crippen LogP contribution in [-0.2, 0) is 9.53 Å². The summed E-state index contributed by atoms with van der Waals surface area (Å²) in [5, 5.41) is 19.1. The van der Waals surface area contributed by atoms with Gasteiger partial charge in [0.05, 0.1) is 43.0 Å². The van der Waals surface area contributed by atoms with Crippen molar-refractivity contribution >= 4 is 12.2 Å². The minimum Gasteiger partial charge on any atom is -0.391 e. The van der Waals surface area contributed by atoms with E-state index in [0.29, 0.717) is 25.7 Å². The van der Waals surface area contributed by atoms with Crippen molar-refractivity contribution in [1.82, 2.24) is 26.8 Å². The third kappa shape index (κ3) is 4.47. The highest BCUT2D eigenvalue weighted by molar-refractivity contribution is 5.83. The van der Waals surface area contributed by atoms with Gasteiger partial charge in [-0.25, -0.2) is 24.0 Å². The SMILES string of the molecule is O=C(NCC1CC(F)=CC(F)C1F)C1NNC2NC=NC(N[C@@H]3COCC[C@H]3O)C21. The number of ether oxygens (including phenoxy) is 1. The summed E-state index contributed by atoms with van der Waals surface area (Å²) in [6.45, 7) is 0.640. The topological polar surface area (TPSA) is 119 Å². The second-order valence-corrected chi connectivity index (χ2v) is 8.13. The molecule has 168 valence electrons. The number of alkyl halides is 2. The lowest BCUT2D eigenvalue weighted by Gasteiger charge is -2.37. The summed E-state index contributed by atoms with van der Waals surface area (Å²) in [5.74, 6) is -2.48. The van der Waals surface area contributed by atoms with Crippen molar-refractivity contribution in [2.24, 2.45) is 16.8 Å². The molecule has 4 rings (SSSR count). The Bertz CT molecular complexity index is 698. The molecule has 12 heteroatoms. The summed E-state index contributed by atoms with van der Waals surface area (Å²) in [5.41, 5.74) is 5.88. The number of carbonyl (C=O) groups excluding carboxylic acids is 1. The number of aliphatic hydroxyl groups is 1. The van der Waals surface area contributed by atoms with E-state index in [1.54, 1.807) is 0 Å². The van der Waals surface area contributed by atoms with E-state index in [1.165, 1.54) is 6.34 Å². The van der Waals surface area contributed by atoms with Crippen molar-refractivity contribution in [3.63, 3.8) is 0 Å². The van der Waals surface area contributed by atoms with Crippen molar-refractivity contribution in [2.45, 2.75) is 55.7 Å². The molecule has 1 aliphatic carbocycles. The predicted octanol–water partition coefficient (Wildman–Crippen LogP) is -1.23. The van der Waals surface area contributed by atoms with Gasteiger partial charge in [0.25, 0.3) is 0 Å². The first-order chi connectivity index (χ1) is 14.4. The molecule has 4 aliphatic rings. The third-order valence-electron chi connectivity index (χ3n) is 6.10. The molecule has 0 bridgehead atoms. The number of halogens is 3. The molecule has 30 heavy (non-hydrogen) atoms. The number of carbonyl (C=O) groups is 1. The molecule has 1 amide bonds. The van der Waals surface area contributed by atoms with E-state index >= 15 is 0 Å². The van der Waals surface area contributed by atoms with Crippen molar-refractivity contribution < 1.29 is 27.8 Å². The lowest BCUT2D eigenvalue weighted by Crippen LogP contribution is -2.60. The van der Waals surface area contributed by atoms with Gasteiger partial charge in [0.1, 0.15) is 18.4 Å². The molecule has 9 atom stereocenters. The number of allylic oxidation sites excluding steroid dienone is 2. The number of hydrazine groups is 1. The number of rotatable bonds is 5. The summed E-state index contributed by atoms with van der Waals surface area (Å²) >= 11 is 0. The van der Waals surface area contributed by atoms with Crippen LogP contribution in [0, 0.1) is 11.8 Å². The molecule has 3 heterocycles. The minimum atomic E-state index is -2.01. The van der Waals surface area contributed by atoms with Gasteiger partial charge in [0.15, 0.2) is 6.17 Å². The van der Waals surface area contributed by atoms with E-state index in [4.69, 9.17) is 4.74 Å². The molecule has 0 aromatic carbocycles. The highest BCUT2D eigenvalue weighted by Crippen LogP contribution is 2.29. The van der Waals surface area contributed by atoms with Gasteiger partial charge in [-0.1, -0.05) is 0 Å². The van der Waals surface area contributed by atoms with Crippen LogP contribution >= 0.6 is 0 Å². The molecule has 0 radical (unpaired) electrons. The first-order valence-electron chi connectivity index (χ1n) is 10.2. The third-order valence-corrected chi connectivity index (χ3v) is 6.10. The van der Waals surface area contributed by atoms with E-state index in [0.717, 1.165) is 0 Å². The molecule has 6 N–H and O–H groups in total. The highest BCUT2D eigenvalue weighted by Gasteiger charge is 2.47. The number of hydrogen-bond acceptors (Lipinski definition) is 8. The Hall–Kier alpha value is -1.73. The molecule has 2 saturated heterocycles. The maximum absolute atomic E-state index is 14.0. The van der Waals surface area contributed by atoms with Crippen molar-refractivity contribution in [2.75, 3.05) is 19.8 Å². The Morgan fingerprint density at radius 2 is 2.20 bits per heavy atom. The quantitative estimate of drug-likeness (QED) is 0.322. The number of nitrogens with one attached hydrogen (secondary N) is 5. The Morgan fingerprint density at radius 1 is 1.37 bits per heavy atom. The molecule has 0 saturated carbocycles. The minimum absolute atomic E-state index is 0.179. The van der Waals surface area contributed by atoms with Crippen LogP contribution in [0.3, 0.4) is 0 Å². The van der Waals surface area contributed by atoms with Crippen LogP contribution in [0.25, 0.3) is 0 Å². The first-order valence-corrected chi connectivity index (χ1v) is 10.2. The van der Waals surface area contributed by atoms with E-state index in [2.05, 4.69) is 31.8 Å². The van der Waals surface area contributed by atoms with Crippen LogP contribution in [0.2, 0.25) is 0 Å². The number of aliphatic hydroxyl groups excluding tert-OH is 1. The Balaban J connectivity index is 1.38. The van der Waals surface area contributed by atoms with Crippen molar-refractivity contribution in [1.29, 1.82) is 0 Å². The predicted molar refractivity (Wildman–Crippen MR) is 101 cm³/mol. The van der Waals surface area contributed by atoms with Gasteiger partial charge in [-0.2, -0.15) is 0 Å². The van der Waals surface area contributed by atoms with Gasteiger partial charge in [-0.05, 0) is 12.5 Å². The maximum Gasteiger partial charge on any atom is 0.239 e. The van der Waals surface area contributed by atoms with E-state index in [1.807, 2.05) is 0 Å². The average Bonchev–Trinajstić information content (AvgIpc) is 3.16. The van der Waals surface area contributed by atoms with Crippen LogP contribution in [0.4, 0.5) is 13.2 Å². The Kier molecular flexibility index (Phi) is 6.58. The largest absolute Gasteiger partial charge is 0.391 e. The maximum atomic E-state index is 14.0. The summed E-state index contributed by atoms with van der Waals surface area (Å²) in [4.78, 5) is 17.2. The fourth-order valence-corrected chi connectivity index (χ4v) is 4.37. The summed E-state index contributed by atoms with van der Waals surface area (Å²) in [6, 6.07) is -1.06. The zero-order valence-electron chi connectivity index (χ0n) is 16.2. The Labute approximate surface area is 171 Å². The molecule has 2 fully saturated rings. The summed E-state index contributed by atoms with van der Waals surface area (Å²) in [7, 11) is 0. The molecule has 0 aromatic rings. The number of amides is 1. The zero-order valence-corrected chi connectivity index (χ0v) is 16.2. The lowest BCUT2D eigenvalue weighted by atomic mass is 9.89. The van der Waals surface area contributed by atoms with Crippen LogP contribution in [-0.4, -0.2) is 80.0 Å². The van der Waals surface area contributed by atoms with Crippen LogP contribution in [0.1, 0.15) is 12.8 Å². The molecule has 3 aliphatic heterocycles. The van der Waals surface area contributed by atoms with Gasteiger partial charge in [-0.3, -0.25) is 15.1 Å². The molecule has 0 aromatic heterocycles. The van der Waals surface area contributed by atoms with Crippen LogP contribution in [0.5, 0.6) is 0 Å². The molecule has 0 spiro atoms. The van der Waals surface area contributed by atoms with Gasteiger partial charge in [-0.15, -0.1) is 0 Å². The van der Waals surface area contributed by atoms with Crippen LogP contribution < -0.4 is 26.8 Å². The fraction of sp³-hybridized carbons (Fsp3) is 0.778. The molecule has 7 unspecified atom stereocenters. The van der Waals surface area contributed by atoms with Gasteiger partial charge < -0.3 is 20.5 Å². The summed E-state index contributed by atoms with van der Waals surface area (Å²) in [6.07, 6.45) is -2.83. The number of aliphatic imine (C=N–C) groups is 1. The standard InChI is InChI=1S/C18H27F3N6O3/c19-9-3-8(14(21)10(20)4-9)5-22-18(29)15-13-16(23-7-24-17(13)27-26-15)25-11-6-30-2-1-12(11)28/h4,7-8,10-17,25-28H,1-3,5-6H2,(H,22,29)(H,23,24)/t8?,10?,11-,12-,13?,14?,15?,16?,17?/m1/s1.